The smallest absolute Gasteiger partial charge is 0.319 e. The van der Waals surface area contributed by atoms with Crippen LogP contribution in [0.2, 0.25) is 0 Å². The molecule has 1 atom stereocenters. The van der Waals surface area contributed by atoms with E-state index in [0.717, 1.165) is 16.9 Å². The number of aryl methyl sites for hydroxylation is 1. The van der Waals surface area contributed by atoms with Gasteiger partial charge in [-0.25, -0.2) is 4.79 Å². The van der Waals surface area contributed by atoms with Gasteiger partial charge in [0.1, 0.15) is 5.75 Å². The van der Waals surface area contributed by atoms with E-state index in [1.165, 1.54) is 0 Å². The molecule has 3 rings (SSSR count). The van der Waals surface area contributed by atoms with Crippen molar-refractivity contribution in [3.63, 3.8) is 0 Å². The first-order chi connectivity index (χ1) is 11.6. The predicted octanol–water partition coefficient (Wildman–Crippen LogP) is 3.62. The fourth-order valence-electron chi connectivity index (χ4n) is 2.61. The molecule has 24 heavy (non-hydrogen) atoms. The summed E-state index contributed by atoms with van der Waals surface area (Å²) in [6.45, 7) is 4.12. The zero-order valence-corrected chi connectivity index (χ0v) is 13.9. The molecule has 0 saturated carbocycles. The van der Waals surface area contributed by atoms with Crippen molar-refractivity contribution in [1.29, 1.82) is 0 Å². The molecule has 1 aliphatic rings. The lowest BCUT2D eigenvalue weighted by molar-refractivity contribution is 0.174. The van der Waals surface area contributed by atoms with Crippen LogP contribution in [0.25, 0.3) is 0 Å². The molecule has 6 nitrogen and oxygen atoms in total. The van der Waals surface area contributed by atoms with E-state index in [1.54, 1.807) is 25.3 Å². The van der Waals surface area contributed by atoms with Gasteiger partial charge in [-0.2, -0.15) is 0 Å². The van der Waals surface area contributed by atoms with E-state index in [4.69, 9.17) is 14.2 Å². The van der Waals surface area contributed by atoms with E-state index in [0.29, 0.717) is 17.2 Å². The Labute approximate surface area is 140 Å². The minimum Gasteiger partial charge on any atom is -0.496 e. The van der Waals surface area contributed by atoms with Gasteiger partial charge < -0.3 is 24.8 Å². The molecule has 2 amide bonds. The summed E-state index contributed by atoms with van der Waals surface area (Å²) in [7, 11) is 1.62. The Balaban J connectivity index is 1.67. The normalized spacial score (nSPS) is 13.3. The van der Waals surface area contributed by atoms with Crippen LogP contribution in [0.4, 0.5) is 10.5 Å². The first kappa shape index (κ1) is 16.0. The average molecular weight is 328 g/mol. The van der Waals surface area contributed by atoms with E-state index in [2.05, 4.69) is 10.6 Å². The Bertz CT molecular complexity index is 761. The van der Waals surface area contributed by atoms with Gasteiger partial charge in [-0.1, -0.05) is 17.7 Å². The van der Waals surface area contributed by atoms with Crippen molar-refractivity contribution in [3.05, 3.63) is 47.5 Å². The summed E-state index contributed by atoms with van der Waals surface area (Å²) in [5, 5.41) is 5.71. The van der Waals surface area contributed by atoms with Gasteiger partial charge in [0.2, 0.25) is 6.79 Å². The molecular weight excluding hydrogens is 308 g/mol. The molecule has 6 heteroatoms. The van der Waals surface area contributed by atoms with Crippen molar-refractivity contribution < 1.29 is 19.0 Å². The number of hydrogen-bond acceptors (Lipinski definition) is 4. The monoisotopic (exact) mass is 328 g/mol. The number of ether oxygens (including phenoxy) is 3. The molecule has 2 aromatic rings. The number of nitrogens with one attached hydrogen (secondary N) is 2. The largest absolute Gasteiger partial charge is 0.496 e. The Morgan fingerprint density at radius 2 is 1.96 bits per heavy atom. The second-order valence-electron chi connectivity index (χ2n) is 5.63. The molecule has 0 aromatic heterocycles. The van der Waals surface area contributed by atoms with Crippen LogP contribution in [0.1, 0.15) is 24.1 Å². The summed E-state index contributed by atoms with van der Waals surface area (Å²) >= 11 is 0. The van der Waals surface area contributed by atoms with Crippen LogP contribution in [-0.4, -0.2) is 19.9 Å². The van der Waals surface area contributed by atoms with Crippen LogP contribution in [0, 0.1) is 6.92 Å². The second-order valence-corrected chi connectivity index (χ2v) is 5.63. The lowest BCUT2D eigenvalue weighted by atomic mass is 10.0. The number of hydrogen-bond donors (Lipinski definition) is 2. The number of carbonyl (C=O) groups is 1. The molecule has 126 valence electrons. The molecule has 2 aromatic carbocycles. The van der Waals surface area contributed by atoms with Crippen LogP contribution in [0.3, 0.4) is 0 Å². The fourth-order valence-corrected chi connectivity index (χ4v) is 2.61. The Kier molecular flexibility index (Phi) is 4.46. The predicted molar refractivity (Wildman–Crippen MR) is 90.9 cm³/mol. The van der Waals surface area contributed by atoms with Crippen LogP contribution in [0.5, 0.6) is 17.2 Å². The molecule has 0 spiro atoms. The SMILES string of the molecule is COc1ccc(C)cc1C(C)NC(=O)Nc1ccc2c(c1)OCO2. The molecule has 2 N–H and O–H groups in total. The third kappa shape index (κ3) is 3.37. The lowest BCUT2D eigenvalue weighted by Crippen LogP contribution is -2.31. The van der Waals surface area contributed by atoms with E-state index < -0.39 is 0 Å². The van der Waals surface area contributed by atoms with Gasteiger partial charge in [0, 0.05) is 17.3 Å². The molecule has 1 aliphatic heterocycles. The lowest BCUT2D eigenvalue weighted by Gasteiger charge is -2.18. The van der Waals surface area contributed by atoms with Crippen LogP contribution < -0.4 is 24.8 Å². The summed E-state index contributed by atoms with van der Waals surface area (Å²) in [5.74, 6) is 2.05. The molecule has 0 fully saturated rings. The molecule has 0 radical (unpaired) electrons. The number of benzene rings is 2. The average Bonchev–Trinajstić information content (AvgIpc) is 3.02. The van der Waals surface area contributed by atoms with Crippen molar-refractivity contribution in [3.8, 4) is 17.2 Å². The second kappa shape index (κ2) is 6.70. The Morgan fingerprint density at radius 3 is 2.75 bits per heavy atom. The van der Waals surface area contributed by atoms with Gasteiger partial charge in [-0.05, 0) is 32.0 Å². The van der Waals surface area contributed by atoms with E-state index in [1.807, 2.05) is 32.0 Å². The maximum Gasteiger partial charge on any atom is 0.319 e. The third-order valence-corrected chi connectivity index (χ3v) is 3.83. The van der Waals surface area contributed by atoms with Crippen molar-refractivity contribution in [2.45, 2.75) is 19.9 Å². The van der Waals surface area contributed by atoms with Crippen LogP contribution in [-0.2, 0) is 0 Å². The quantitative estimate of drug-likeness (QED) is 0.899. The van der Waals surface area contributed by atoms with Crippen molar-refractivity contribution in [2.24, 2.45) is 0 Å². The van der Waals surface area contributed by atoms with Crippen molar-refractivity contribution in [1.82, 2.24) is 5.32 Å². The van der Waals surface area contributed by atoms with Gasteiger partial charge in [-0.3, -0.25) is 0 Å². The minimum atomic E-state index is -0.301. The zero-order chi connectivity index (χ0) is 17.1. The number of urea groups is 1. The van der Waals surface area contributed by atoms with Gasteiger partial charge >= 0.3 is 6.03 Å². The van der Waals surface area contributed by atoms with Crippen LogP contribution in [0.15, 0.2) is 36.4 Å². The summed E-state index contributed by atoms with van der Waals surface area (Å²) in [6, 6.07) is 10.7. The number of amides is 2. The maximum absolute atomic E-state index is 12.2. The van der Waals surface area contributed by atoms with Crippen molar-refractivity contribution in [2.75, 3.05) is 19.2 Å². The molecule has 1 unspecified atom stereocenters. The molecule has 0 aliphatic carbocycles. The zero-order valence-electron chi connectivity index (χ0n) is 13.9. The van der Waals surface area contributed by atoms with Crippen LogP contribution >= 0.6 is 0 Å². The summed E-state index contributed by atoms with van der Waals surface area (Å²) in [6.07, 6.45) is 0. The highest BCUT2D eigenvalue weighted by Gasteiger charge is 2.16. The summed E-state index contributed by atoms with van der Waals surface area (Å²) in [5.41, 5.74) is 2.68. The van der Waals surface area contributed by atoms with E-state index in [9.17, 15) is 4.79 Å². The molecule has 1 heterocycles. The third-order valence-electron chi connectivity index (χ3n) is 3.83. The molecule has 0 bridgehead atoms. The first-order valence-corrected chi connectivity index (χ1v) is 7.68. The highest BCUT2D eigenvalue weighted by molar-refractivity contribution is 5.90. The fraction of sp³-hybridized carbons (Fsp3) is 0.278. The van der Waals surface area contributed by atoms with Gasteiger partial charge in [-0.15, -0.1) is 0 Å². The number of rotatable bonds is 4. The Hall–Kier alpha value is -2.89. The summed E-state index contributed by atoms with van der Waals surface area (Å²) < 4.78 is 15.9. The van der Waals surface area contributed by atoms with Gasteiger partial charge in [0.15, 0.2) is 11.5 Å². The molecular formula is C18H20N2O4. The Morgan fingerprint density at radius 1 is 1.17 bits per heavy atom. The maximum atomic E-state index is 12.2. The van der Waals surface area contributed by atoms with Gasteiger partial charge in [0.25, 0.3) is 0 Å². The number of anilines is 1. The summed E-state index contributed by atoms with van der Waals surface area (Å²) in [4.78, 5) is 12.2. The van der Waals surface area contributed by atoms with Crippen molar-refractivity contribution >= 4 is 11.7 Å². The van der Waals surface area contributed by atoms with E-state index >= 15 is 0 Å². The first-order valence-electron chi connectivity index (χ1n) is 7.68. The highest BCUT2D eigenvalue weighted by atomic mass is 16.7. The van der Waals surface area contributed by atoms with Gasteiger partial charge in [0.05, 0.1) is 13.2 Å². The topological polar surface area (TPSA) is 68.8 Å². The minimum absolute atomic E-state index is 0.200. The standard InChI is InChI=1S/C18H20N2O4/c1-11-4-6-15(22-3)14(8-11)12(2)19-18(21)20-13-5-7-16-17(9-13)24-10-23-16/h4-9,12H,10H2,1-3H3,(H2,19,20,21). The number of fused-ring (bicyclic) bond motifs is 1. The highest BCUT2D eigenvalue weighted by Crippen LogP contribution is 2.34. The van der Waals surface area contributed by atoms with E-state index in [-0.39, 0.29) is 18.9 Å². The molecule has 0 saturated heterocycles. The number of methoxy groups -OCH3 is 1. The number of carbonyl (C=O) groups excluding carboxylic acids is 1.